The minimum Gasteiger partial charge on any atom is -0.343 e. The molecule has 11 heteroatoms. The molecule has 0 fully saturated rings. The third-order valence-corrected chi connectivity index (χ3v) is 31.3. The molecular weight excluding hydrogens is 1440 g/mol. The fourth-order valence-corrected chi connectivity index (χ4v) is 25.0. The Morgan fingerprint density at radius 1 is 0.404 bits per heavy atom. The fourth-order valence-electron chi connectivity index (χ4n) is 13.4. The number of anilines is 6. The van der Waals surface area contributed by atoms with E-state index in [1.807, 2.05) is 95.5 Å². The van der Waals surface area contributed by atoms with Gasteiger partial charge in [-0.05, 0) is 158 Å². The molecule has 0 unspecified atom stereocenters. The van der Waals surface area contributed by atoms with E-state index >= 15 is 0 Å². The van der Waals surface area contributed by atoms with Crippen molar-refractivity contribution in [3.8, 4) is 22.3 Å². The molecule has 99 heavy (non-hydrogen) atoms. The van der Waals surface area contributed by atoms with E-state index in [1.54, 1.807) is 0 Å². The van der Waals surface area contributed by atoms with E-state index in [-0.39, 0.29) is 18.9 Å². The van der Waals surface area contributed by atoms with Crippen LogP contribution in [-0.4, -0.2) is 14.8 Å². The number of unbranched alkanes of at least 4 members (excludes halogenated alkanes) is 1. The van der Waals surface area contributed by atoms with Gasteiger partial charge in [-0.15, -0.1) is 44.8 Å². The van der Waals surface area contributed by atoms with Crippen LogP contribution < -0.4 is 59.8 Å². The van der Waals surface area contributed by atoms with E-state index in [0.717, 1.165) is 42.8 Å². The van der Waals surface area contributed by atoms with E-state index in [9.17, 15) is 0 Å². The predicted molar refractivity (Wildman–Crippen MR) is 441 cm³/mol. The van der Waals surface area contributed by atoms with Gasteiger partial charge in [0.2, 0.25) is 0 Å². The molecular formula is C88H67Br2Cl2LiN2S2Si2. The van der Waals surface area contributed by atoms with Crippen molar-refractivity contribution in [2.45, 2.75) is 19.8 Å². The van der Waals surface area contributed by atoms with Crippen molar-refractivity contribution in [2.24, 2.45) is 0 Å². The molecule has 0 amide bonds. The van der Waals surface area contributed by atoms with Crippen LogP contribution in [0.15, 0.2) is 361 Å². The van der Waals surface area contributed by atoms with Gasteiger partial charge in [0.15, 0.2) is 8.07 Å². The van der Waals surface area contributed by atoms with Gasteiger partial charge in [-0.1, -0.05) is 292 Å². The van der Waals surface area contributed by atoms with Crippen LogP contribution in [0.1, 0.15) is 19.8 Å². The Morgan fingerprint density at radius 2 is 0.778 bits per heavy atom. The van der Waals surface area contributed by atoms with Crippen molar-refractivity contribution in [1.29, 1.82) is 0 Å². The molecule has 0 atom stereocenters. The van der Waals surface area contributed by atoms with Gasteiger partial charge in [0.25, 0.3) is 0 Å². The quantitative estimate of drug-likeness (QED) is 0.0723. The summed E-state index contributed by atoms with van der Waals surface area (Å²) in [7, 11) is -2.62. The number of halogens is 4. The smallest absolute Gasteiger partial charge is 0.343 e. The van der Waals surface area contributed by atoms with Crippen LogP contribution in [0.5, 0.6) is 0 Å². The number of para-hydroxylation sites is 4. The Kier molecular flexibility index (Phi) is 22.0. The first-order valence-electron chi connectivity index (χ1n) is 32.9. The zero-order valence-corrected chi connectivity index (χ0v) is 63.1. The Balaban J connectivity index is 0.000000143. The molecule has 0 bridgehead atoms. The van der Waals surface area contributed by atoms with Crippen LogP contribution in [0.25, 0.3) is 62.6 Å². The number of hydrogen-bond donors (Lipinski definition) is 0. The van der Waals surface area contributed by atoms with E-state index in [4.69, 9.17) is 22.2 Å². The van der Waals surface area contributed by atoms with Crippen LogP contribution in [0, 0.1) is 6.92 Å². The Hall–Kier alpha value is -8.31. The number of rotatable bonds is 11. The Morgan fingerprint density at radius 3 is 1.24 bits per heavy atom. The first kappa shape index (κ1) is 69.2. The molecule has 1 aliphatic rings. The molecule has 0 N–H and O–H groups in total. The number of hydrogen-bond acceptors (Lipinski definition) is 4. The van der Waals surface area contributed by atoms with E-state index in [2.05, 4.69) is 335 Å². The van der Waals surface area contributed by atoms with Gasteiger partial charge in [0.05, 0.1) is 11.4 Å². The summed E-state index contributed by atoms with van der Waals surface area (Å²) in [6, 6.07) is 126. The Bertz CT molecular complexity index is 5250. The zero-order chi connectivity index (χ0) is 67.0. The van der Waals surface area contributed by atoms with Crippen LogP contribution >= 0.6 is 76.7 Å². The van der Waals surface area contributed by atoms with Crippen LogP contribution in [0.2, 0.25) is 0 Å². The molecule has 2 nitrogen and oxygen atoms in total. The number of nitrogens with zero attached hydrogens (tertiary/aromatic N) is 2. The molecule has 0 saturated heterocycles. The molecule has 1 aliphatic heterocycles. The van der Waals surface area contributed by atoms with E-state index < -0.39 is 14.8 Å². The minimum absolute atomic E-state index is 0. The largest absolute Gasteiger partial charge is 1.00 e. The van der Waals surface area contributed by atoms with Gasteiger partial charge in [-0.25, -0.2) is 0 Å². The predicted octanol–water partition coefficient (Wildman–Crippen LogP) is 20.9. The van der Waals surface area contributed by atoms with E-state index in [1.165, 1.54) is 107 Å². The van der Waals surface area contributed by atoms with Gasteiger partial charge in [-0.2, -0.15) is 6.42 Å². The summed E-state index contributed by atoms with van der Waals surface area (Å²) < 4.78 is 7.41. The molecule has 0 saturated carbocycles. The number of benzene rings is 14. The molecule has 0 aliphatic carbocycles. The molecule has 2 aromatic heterocycles. The normalized spacial score (nSPS) is 12.0. The van der Waals surface area contributed by atoms with Crippen LogP contribution in [-0.2, 0) is 0 Å². The van der Waals surface area contributed by atoms with Crippen molar-refractivity contribution >= 4 is 197 Å². The number of fused-ring (bicyclic) bond motifs is 8. The monoisotopic (exact) mass is 1510 g/mol. The summed E-state index contributed by atoms with van der Waals surface area (Å²) >= 11 is 24.3. The molecule has 478 valence electrons. The summed E-state index contributed by atoms with van der Waals surface area (Å²) in [6.07, 6.45) is 2.28. The second-order valence-corrected chi connectivity index (χ2v) is 37.7. The van der Waals surface area contributed by atoms with Gasteiger partial charge in [0.1, 0.15) is 0 Å². The van der Waals surface area contributed by atoms with Crippen molar-refractivity contribution in [1.82, 2.24) is 0 Å². The average molecular weight is 1510 g/mol. The summed E-state index contributed by atoms with van der Waals surface area (Å²) in [5.74, 6) is 0. The average Bonchev–Trinajstić information content (AvgIpc) is 1.20. The van der Waals surface area contributed by atoms with Gasteiger partial charge in [0, 0.05) is 72.0 Å². The first-order valence-corrected chi connectivity index (χ1v) is 42.1. The third-order valence-electron chi connectivity index (χ3n) is 18.0. The standard InChI is InChI=1S/C42H29NSSi.C30H19Br2NS.C12H10Cl2Si.C4H9.Li/c1-3-17-32(18-4-1)45(33-19-5-2-6-20-33)40-27-11-8-24-37(40)43(38-25-9-12-28-41(38)45)31-16-13-15-30(29-31)34-22-14-23-36-35-21-7-10-26-39(35)44-42(34)36;31-25-14-2-4-16-27(25)33(28-17-5-3-15-26(28)32)21-10-7-9-20(19-21)22-12-8-13-24-23-11-1-6-18-29(23)34-30(22)24;13-15(14,11-7-3-1-4-8-11)12-9-5-2-6-10-12;1-3-4-2;/h1-29H;1-19H;1-10H;1,3-4H2,2H3;/q;;;-1;+1. The second kappa shape index (κ2) is 31.5. The second-order valence-electron chi connectivity index (χ2n) is 23.9. The van der Waals surface area contributed by atoms with Gasteiger partial charge >= 0.3 is 25.6 Å². The summed E-state index contributed by atoms with van der Waals surface area (Å²) in [5, 5.41) is 13.0. The van der Waals surface area contributed by atoms with E-state index in [0.29, 0.717) is 0 Å². The van der Waals surface area contributed by atoms with Crippen molar-refractivity contribution in [2.75, 3.05) is 9.80 Å². The van der Waals surface area contributed by atoms with Gasteiger partial charge < -0.3 is 16.7 Å². The zero-order valence-electron chi connectivity index (χ0n) is 54.8. The van der Waals surface area contributed by atoms with Crippen molar-refractivity contribution in [3.63, 3.8) is 0 Å². The summed E-state index contributed by atoms with van der Waals surface area (Å²) in [4.78, 5) is 4.79. The molecule has 0 radical (unpaired) electrons. The fraction of sp³-hybridized carbons (Fsp3) is 0.0341. The summed E-state index contributed by atoms with van der Waals surface area (Å²) in [5.41, 5.74) is 12.0. The maximum atomic E-state index is 6.49. The van der Waals surface area contributed by atoms with Gasteiger partial charge in [-0.3, -0.25) is 0 Å². The minimum atomic E-state index is -2.62. The van der Waals surface area contributed by atoms with Crippen molar-refractivity contribution < 1.29 is 18.9 Å². The third kappa shape index (κ3) is 13.9. The number of thiophene rings is 2. The summed E-state index contributed by atoms with van der Waals surface area (Å²) in [6.45, 7) is 3.21. The maximum absolute atomic E-state index is 6.49. The van der Waals surface area contributed by atoms with Crippen LogP contribution in [0.3, 0.4) is 0 Å². The van der Waals surface area contributed by atoms with Crippen molar-refractivity contribution in [3.05, 3.63) is 368 Å². The molecule has 0 spiro atoms. The van der Waals surface area contributed by atoms with Crippen LogP contribution in [0.4, 0.5) is 34.1 Å². The molecule has 17 rings (SSSR count). The molecule has 3 heterocycles. The molecule has 14 aromatic carbocycles. The SMILES string of the molecule is Brc1ccccc1N(c1cccc(-c2cccc3c2sc2ccccc23)c1)c1ccccc1Br.Cl[Si](Cl)(c1ccccc1)c1ccccc1.[CH2-]CCC.[Li+].c1ccc([Si]2(c3ccccc3)c3ccccc3N(c3cccc(-c4cccc5c4sc4ccccc45)c3)c3ccccc32)cc1. The molecule has 16 aromatic rings. The maximum Gasteiger partial charge on any atom is 1.00 e. The Labute approximate surface area is 629 Å². The topological polar surface area (TPSA) is 6.48 Å². The first-order chi connectivity index (χ1) is 48.2.